The molecule has 0 amide bonds. The van der Waals surface area contributed by atoms with Crippen LogP contribution in [0.25, 0.3) is 0 Å². The van der Waals surface area contributed by atoms with E-state index in [1.807, 2.05) is 18.5 Å². The minimum atomic E-state index is 0.521. The number of aryl methyl sites for hydroxylation is 1. The normalized spacial score (nSPS) is 20.3. The standard InChI is InChI=1S/C11H20N4/c1-8(11(3)5-6-11)12-7-10-14-13-9(2)15(10)4/h8,12H,5-7H2,1-4H3. The number of hydrogen-bond acceptors (Lipinski definition) is 3. The summed E-state index contributed by atoms with van der Waals surface area (Å²) in [6.45, 7) is 7.39. The van der Waals surface area contributed by atoms with Crippen molar-refractivity contribution in [1.29, 1.82) is 0 Å². The lowest BCUT2D eigenvalue weighted by Gasteiger charge is -2.19. The molecule has 1 atom stereocenters. The van der Waals surface area contributed by atoms with Crippen LogP contribution >= 0.6 is 0 Å². The molecular formula is C11H20N4. The van der Waals surface area contributed by atoms with Crippen LogP contribution in [-0.2, 0) is 13.6 Å². The van der Waals surface area contributed by atoms with E-state index in [0.29, 0.717) is 11.5 Å². The van der Waals surface area contributed by atoms with E-state index in [-0.39, 0.29) is 0 Å². The Bertz CT molecular complexity index is 351. The van der Waals surface area contributed by atoms with Gasteiger partial charge in [0.05, 0.1) is 6.54 Å². The summed E-state index contributed by atoms with van der Waals surface area (Å²) >= 11 is 0. The zero-order chi connectivity index (χ0) is 11.1. The SMILES string of the molecule is Cc1nnc(CNC(C)C2(C)CC2)n1C. The van der Waals surface area contributed by atoms with Crippen LogP contribution in [-0.4, -0.2) is 20.8 Å². The zero-order valence-electron chi connectivity index (χ0n) is 10.0. The van der Waals surface area contributed by atoms with Gasteiger partial charge in [-0.25, -0.2) is 0 Å². The summed E-state index contributed by atoms with van der Waals surface area (Å²) in [5, 5.41) is 11.7. The number of rotatable bonds is 4. The summed E-state index contributed by atoms with van der Waals surface area (Å²) in [7, 11) is 2.01. The fourth-order valence-corrected chi connectivity index (χ4v) is 1.73. The van der Waals surface area contributed by atoms with Gasteiger partial charge in [-0.2, -0.15) is 0 Å². The molecule has 1 aliphatic carbocycles. The Balaban J connectivity index is 1.90. The van der Waals surface area contributed by atoms with E-state index in [2.05, 4.69) is 29.4 Å². The molecule has 0 radical (unpaired) electrons. The highest BCUT2D eigenvalue weighted by atomic mass is 15.3. The fourth-order valence-electron chi connectivity index (χ4n) is 1.73. The Kier molecular flexibility index (Phi) is 2.54. The van der Waals surface area contributed by atoms with E-state index in [0.717, 1.165) is 18.2 Å². The molecule has 1 N–H and O–H groups in total. The lowest BCUT2D eigenvalue weighted by Crippen LogP contribution is -2.33. The van der Waals surface area contributed by atoms with Gasteiger partial charge in [0, 0.05) is 13.1 Å². The van der Waals surface area contributed by atoms with Gasteiger partial charge in [0.2, 0.25) is 0 Å². The molecule has 15 heavy (non-hydrogen) atoms. The molecule has 1 aromatic heterocycles. The first-order valence-electron chi connectivity index (χ1n) is 5.61. The molecule has 0 aromatic carbocycles. The first-order chi connectivity index (χ1) is 7.03. The zero-order valence-corrected chi connectivity index (χ0v) is 10.0. The maximum Gasteiger partial charge on any atom is 0.146 e. The van der Waals surface area contributed by atoms with Crippen LogP contribution in [0.4, 0.5) is 0 Å². The average Bonchev–Trinajstić information content (AvgIpc) is 2.88. The van der Waals surface area contributed by atoms with Crippen molar-refractivity contribution in [2.75, 3.05) is 0 Å². The van der Waals surface area contributed by atoms with Crippen molar-refractivity contribution in [2.45, 2.75) is 46.2 Å². The van der Waals surface area contributed by atoms with Crippen LogP contribution in [0.15, 0.2) is 0 Å². The third-order valence-corrected chi connectivity index (χ3v) is 3.83. The van der Waals surface area contributed by atoms with E-state index >= 15 is 0 Å². The monoisotopic (exact) mass is 208 g/mol. The second-order valence-corrected chi connectivity index (χ2v) is 4.98. The van der Waals surface area contributed by atoms with E-state index in [1.54, 1.807) is 0 Å². The minimum absolute atomic E-state index is 0.521. The number of aromatic nitrogens is 3. The van der Waals surface area contributed by atoms with Gasteiger partial charge in [-0.05, 0) is 32.1 Å². The molecule has 1 heterocycles. The first kappa shape index (κ1) is 10.6. The molecule has 1 unspecified atom stereocenters. The highest BCUT2D eigenvalue weighted by Crippen LogP contribution is 2.47. The highest BCUT2D eigenvalue weighted by Gasteiger charge is 2.42. The Morgan fingerprint density at radius 3 is 2.60 bits per heavy atom. The summed E-state index contributed by atoms with van der Waals surface area (Å²) in [4.78, 5) is 0. The second-order valence-electron chi connectivity index (χ2n) is 4.98. The Morgan fingerprint density at radius 2 is 2.13 bits per heavy atom. The van der Waals surface area contributed by atoms with Crippen molar-refractivity contribution in [3.8, 4) is 0 Å². The molecule has 1 fully saturated rings. The van der Waals surface area contributed by atoms with Crippen molar-refractivity contribution >= 4 is 0 Å². The summed E-state index contributed by atoms with van der Waals surface area (Å²) in [6.07, 6.45) is 2.69. The van der Waals surface area contributed by atoms with E-state index in [4.69, 9.17) is 0 Å². The van der Waals surface area contributed by atoms with E-state index < -0.39 is 0 Å². The average molecular weight is 208 g/mol. The lowest BCUT2D eigenvalue weighted by molar-refractivity contribution is 0.374. The molecular weight excluding hydrogens is 188 g/mol. The third-order valence-electron chi connectivity index (χ3n) is 3.83. The van der Waals surface area contributed by atoms with Crippen LogP contribution < -0.4 is 5.32 Å². The van der Waals surface area contributed by atoms with E-state index in [9.17, 15) is 0 Å². The van der Waals surface area contributed by atoms with Gasteiger partial charge in [0.25, 0.3) is 0 Å². The van der Waals surface area contributed by atoms with Gasteiger partial charge in [0.1, 0.15) is 11.6 Å². The number of nitrogens with one attached hydrogen (secondary N) is 1. The molecule has 0 spiro atoms. The van der Waals surface area contributed by atoms with Crippen LogP contribution in [0.3, 0.4) is 0 Å². The topological polar surface area (TPSA) is 42.7 Å². The van der Waals surface area contributed by atoms with Gasteiger partial charge in [-0.3, -0.25) is 0 Å². The molecule has 0 saturated heterocycles. The van der Waals surface area contributed by atoms with Crippen molar-refractivity contribution in [2.24, 2.45) is 12.5 Å². The Hall–Kier alpha value is -0.900. The van der Waals surface area contributed by atoms with Crippen LogP contribution in [0.1, 0.15) is 38.3 Å². The Morgan fingerprint density at radius 1 is 1.47 bits per heavy atom. The summed E-state index contributed by atoms with van der Waals surface area (Å²) in [5.41, 5.74) is 0.521. The van der Waals surface area contributed by atoms with Crippen LogP contribution in [0.2, 0.25) is 0 Å². The van der Waals surface area contributed by atoms with Crippen LogP contribution in [0, 0.1) is 12.3 Å². The van der Waals surface area contributed by atoms with Crippen molar-refractivity contribution in [3.63, 3.8) is 0 Å². The van der Waals surface area contributed by atoms with E-state index in [1.165, 1.54) is 12.8 Å². The quantitative estimate of drug-likeness (QED) is 0.813. The van der Waals surface area contributed by atoms with Crippen LogP contribution in [0.5, 0.6) is 0 Å². The summed E-state index contributed by atoms with van der Waals surface area (Å²) < 4.78 is 2.04. The fraction of sp³-hybridized carbons (Fsp3) is 0.818. The lowest BCUT2D eigenvalue weighted by atomic mass is 10.0. The predicted molar refractivity (Wildman–Crippen MR) is 59.4 cm³/mol. The third kappa shape index (κ3) is 2.04. The number of nitrogens with zero attached hydrogens (tertiary/aromatic N) is 3. The molecule has 4 nitrogen and oxygen atoms in total. The van der Waals surface area contributed by atoms with Crippen molar-refractivity contribution in [3.05, 3.63) is 11.6 Å². The van der Waals surface area contributed by atoms with Crippen molar-refractivity contribution < 1.29 is 0 Å². The molecule has 4 heteroatoms. The smallest absolute Gasteiger partial charge is 0.146 e. The Labute approximate surface area is 91.1 Å². The molecule has 84 valence electrons. The highest BCUT2D eigenvalue weighted by molar-refractivity contribution is 4.98. The molecule has 0 bridgehead atoms. The maximum atomic E-state index is 4.14. The molecule has 1 aromatic rings. The number of hydrogen-bond donors (Lipinski definition) is 1. The van der Waals surface area contributed by atoms with Gasteiger partial charge in [-0.1, -0.05) is 6.92 Å². The van der Waals surface area contributed by atoms with Gasteiger partial charge in [-0.15, -0.1) is 10.2 Å². The minimum Gasteiger partial charge on any atom is -0.317 e. The molecule has 1 aliphatic rings. The molecule has 2 rings (SSSR count). The summed E-state index contributed by atoms with van der Waals surface area (Å²) in [6, 6.07) is 0.564. The maximum absolute atomic E-state index is 4.14. The second kappa shape index (κ2) is 3.59. The molecule has 0 aliphatic heterocycles. The largest absolute Gasteiger partial charge is 0.317 e. The van der Waals surface area contributed by atoms with Gasteiger partial charge >= 0.3 is 0 Å². The van der Waals surface area contributed by atoms with Gasteiger partial charge < -0.3 is 9.88 Å². The predicted octanol–water partition coefficient (Wildman–Crippen LogP) is 1.40. The summed E-state index contributed by atoms with van der Waals surface area (Å²) in [5.74, 6) is 1.99. The molecule has 1 saturated carbocycles. The van der Waals surface area contributed by atoms with Crippen molar-refractivity contribution in [1.82, 2.24) is 20.1 Å². The van der Waals surface area contributed by atoms with Gasteiger partial charge in [0.15, 0.2) is 0 Å². The first-order valence-corrected chi connectivity index (χ1v) is 5.61.